The van der Waals surface area contributed by atoms with Crippen LogP contribution in [-0.4, -0.2) is 11.6 Å². The zero-order valence-corrected chi connectivity index (χ0v) is 22.8. The summed E-state index contributed by atoms with van der Waals surface area (Å²) < 4.78 is 11.7. The van der Waals surface area contributed by atoms with E-state index in [1.165, 1.54) is 0 Å². The molecule has 0 radical (unpaired) electrons. The first-order chi connectivity index (χ1) is 19.3. The molecule has 0 saturated heterocycles. The Hall–Kier alpha value is -4.96. The molecule has 4 heteroatoms. The molecule has 40 heavy (non-hydrogen) atoms. The molecule has 0 fully saturated rings. The number of benzene rings is 5. The molecule has 0 N–H and O–H groups in total. The number of rotatable bonds is 8. The van der Waals surface area contributed by atoms with Crippen LogP contribution in [0.3, 0.4) is 0 Å². The van der Waals surface area contributed by atoms with Gasteiger partial charge in [-0.25, -0.2) is 0 Å². The van der Waals surface area contributed by atoms with Crippen LogP contribution in [-0.2, 0) is 5.41 Å². The van der Waals surface area contributed by atoms with Crippen LogP contribution >= 0.6 is 0 Å². The van der Waals surface area contributed by atoms with Crippen LogP contribution in [0.15, 0.2) is 127 Å². The Balaban J connectivity index is 1.40. The molecule has 0 aliphatic carbocycles. The van der Waals surface area contributed by atoms with Crippen LogP contribution in [0, 0.1) is 0 Å². The van der Waals surface area contributed by atoms with E-state index in [-0.39, 0.29) is 17.0 Å². The first-order valence-electron chi connectivity index (χ1n) is 13.2. The standard InChI is InChI=1S/C36H30O4/c1-36(2,3)29-23-27(34(37)25-14-18-32(19-15-25)39-30-10-6-4-7-11-30)22-28(24-29)35(38)26-16-20-33(21-17-26)40-31-12-8-5-9-13-31/h4-24H,1-3H3. The smallest absolute Gasteiger partial charge is 0.193 e. The minimum Gasteiger partial charge on any atom is -0.457 e. The second-order valence-electron chi connectivity index (χ2n) is 10.6. The summed E-state index contributed by atoms with van der Waals surface area (Å²) in [6, 6.07) is 38.5. The van der Waals surface area contributed by atoms with Gasteiger partial charge in [0.25, 0.3) is 0 Å². The first-order valence-corrected chi connectivity index (χ1v) is 13.2. The van der Waals surface area contributed by atoms with Gasteiger partial charge in [-0.1, -0.05) is 57.2 Å². The lowest BCUT2D eigenvalue weighted by Crippen LogP contribution is -2.15. The molecule has 0 aliphatic heterocycles. The lowest BCUT2D eigenvalue weighted by atomic mass is 9.83. The maximum absolute atomic E-state index is 13.6. The largest absolute Gasteiger partial charge is 0.457 e. The monoisotopic (exact) mass is 526 g/mol. The number of carbonyl (C=O) groups excluding carboxylic acids is 2. The van der Waals surface area contributed by atoms with Gasteiger partial charge in [0, 0.05) is 22.3 Å². The Morgan fingerprint density at radius 1 is 0.450 bits per heavy atom. The van der Waals surface area contributed by atoms with E-state index in [2.05, 4.69) is 20.8 Å². The molecular formula is C36H30O4. The summed E-state index contributed by atoms with van der Waals surface area (Å²) in [5.74, 6) is 2.42. The average Bonchev–Trinajstić information content (AvgIpc) is 2.97. The van der Waals surface area contributed by atoms with E-state index >= 15 is 0 Å². The van der Waals surface area contributed by atoms with Crippen LogP contribution < -0.4 is 9.47 Å². The molecule has 0 atom stereocenters. The van der Waals surface area contributed by atoms with Gasteiger partial charge in [0.2, 0.25) is 0 Å². The lowest BCUT2D eigenvalue weighted by Gasteiger charge is -2.21. The molecule has 0 spiro atoms. The molecule has 5 rings (SSSR count). The molecule has 0 heterocycles. The van der Waals surface area contributed by atoms with Crippen LogP contribution in [0.5, 0.6) is 23.0 Å². The minimum atomic E-state index is -0.258. The molecule has 4 nitrogen and oxygen atoms in total. The fourth-order valence-electron chi connectivity index (χ4n) is 4.25. The molecule has 0 aromatic heterocycles. The predicted octanol–water partition coefficient (Wildman–Crippen LogP) is 9.03. The Kier molecular flexibility index (Phi) is 7.61. The Morgan fingerprint density at radius 3 is 1.15 bits per heavy atom. The molecule has 0 bridgehead atoms. The molecule has 0 unspecified atom stereocenters. The van der Waals surface area contributed by atoms with Gasteiger partial charge in [-0.15, -0.1) is 0 Å². The fourth-order valence-corrected chi connectivity index (χ4v) is 4.25. The Labute approximate surface area is 234 Å². The van der Waals surface area contributed by atoms with Crippen molar-refractivity contribution in [2.45, 2.75) is 26.2 Å². The number of hydrogen-bond donors (Lipinski definition) is 0. The van der Waals surface area contributed by atoms with Gasteiger partial charge in [-0.05, 0) is 102 Å². The second kappa shape index (κ2) is 11.4. The maximum atomic E-state index is 13.6. The molecule has 0 amide bonds. The highest BCUT2D eigenvalue weighted by molar-refractivity contribution is 6.13. The number of hydrogen-bond acceptors (Lipinski definition) is 4. The van der Waals surface area contributed by atoms with Crippen molar-refractivity contribution < 1.29 is 19.1 Å². The molecule has 198 valence electrons. The molecule has 0 aliphatic rings. The van der Waals surface area contributed by atoms with Crippen molar-refractivity contribution in [1.29, 1.82) is 0 Å². The van der Waals surface area contributed by atoms with Crippen molar-refractivity contribution in [2.24, 2.45) is 0 Å². The summed E-state index contributed by atoms with van der Waals surface area (Å²) in [5, 5.41) is 0. The van der Waals surface area contributed by atoms with E-state index in [4.69, 9.17) is 9.47 Å². The van der Waals surface area contributed by atoms with Gasteiger partial charge in [0.1, 0.15) is 23.0 Å². The molecule has 5 aromatic rings. The van der Waals surface area contributed by atoms with Gasteiger partial charge in [-0.3, -0.25) is 9.59 Å². The van der Waals surface area contributed by atoms with Crippen molar-refractivity contribution >= 4 is 11.6 Å². The molecule has 0 saturated carbocycles. The van der Waals surface area contributed by atoms with Gasteiger partial charge in [-0.2, -0.15) is 0 Å². The van der Waals surface area contributed by atoms with E-state index in [0.717, 1.165) is 17.1 Å². The van der Waals surface area contributed by atoms with E-state index < -0.39 is 0 Å². The predicted molar refractivity (Wildman–Crippen MR) is 158 cm³/mol. The van der Waals surface area contributed by atoms with Crippen LogP contribution in [0.2, 0.25) is 0 Å². The van der Waals surface area contributed by atoms with Crippen molar-refractivity contribution in [3.63, 3.8) is 0 Å². The zero-order valence-electron chi connectivity index (χ0n) is 22.8. The molecule has 5 aromatic carbocycles. The first kappa shape index (κ1) is 26.6. The van der Waals surface area contributed by atoms with E-state index in [0.29, 0.717) is 33.8 Å². The van der Waals surface area contributed by atoms with Crippen molar-refractivity contribution in [3.8, 4) is 23.0 Å². The summed E-state index contributed by atoms with van der Waals surface area (Å²) >= 11 is 0. The van der Waals surface area contributed by atoms with Crippen molar-refractivity contribution in [2.75, 3.05) is 0 Å². The number of carbonyl (C=O) groups is 2. The van der Waals surface area contributed by atoms with Crippen LogP contribution in [0.1, 0.15) is 58.2 Å². The highest BCUT2D eigenvalue weighted by Crippen LogP contribution is 2.29. The highest BCUT2D eigenvalue weighted by Gasteiger charge is 2.21. The van der Waals surface area contributed by atoms with E-state index in [1.54, 1.807) is 54.6 Å². The number of ether oxygens (including phenoxy) is 2. The summed E-state index contributed by atoms with van der Waals surface area (Å²) in [4.78, 5) is 27.1. The number of para-hydroxylation sites is 2. The van der Waals surface area contributed by atoms with Gasteiger partial charge < -0.3 is 9.47 Å². The van der Waals surface area contributed by atoms with Gasteiger partial charge in [0.15, 0.2) is 11.6 Å². The van der Waals surface area contributed by atoms with E-state index in [9.17, 15) is 9.59 Å². The third-order valence-electron chi connectivity index (χ3n) is 6.51. The summed E-state index contributed by atoms with van der Waals surface area (Å²) in [7, 11) is 0. The van der Waals surface area contributed by atoms with Gasteiger partial charge >= 0.3 is 0 Å². The minimum absolute atomic E-state index is 0.155. The van der Waals surface area contributed by atoms with Crippen molar-refractivity contribution in [3.05, 3.63) is 155 Å². The third-order valence-corrected chi connectivity index (χ3v) is 6.51. The highest BCUT2D eigenvalue weighted by atomic mass is 16.5. The van der Waals surface area contributed by atoms with Crippen molar-refractivity contribution in [1.82, 2.24) is 0 Å². The van der Waals surface area contributed by atoms with Crippen LogP contribution in [0.25, 0.3) is 0 Å². The Morgan fingerprint density at radius 2 is 0.800 bits per heavy atom. The topological polar surface area (TPSA) is 52.6 Å². The summed E-state index contributed by atoms with van der Waals surface area (Å²) in [6.45, 7) is 6.20. The Bertz CT molecular complexity index is 1500. The quantitative estimate of drug-likeness (QED) is 0.189. The average molecular weight is 527 g/mol. The molecular weight excluding hydrogens is 496 g/mol. The third kappa shape index (κ3) is 6.36. The van der Waals surface area contributed by atoms with Crippen LogP contribution in [0.4, 0.5) is 0 Å². The number of ketones is 2. The normalized spacial score (nSPS) is 11.1. The van der Waals surface area contributed by atoms with Gasteiger partial charge in [0.05, 0.1) is 0 Å². The summed E-state index contributed by atoms with van der Waals surface area (Å²) in [5.41, 5.74) is 2.63. The SMILES string of the molecule is CC(C)(C)c1cc(C(=O)c2ccc(Oc3ccccc3)cc2)cc(C(=O)c2ccc(Oc3ccccc3)cc2)c1. The van der Waals surface area contributed by atoms with E-state index in [1.807, 2.05) is 72.8 Å². The second-order valence-corrected chi connectivity index (χ2v) is 10.6. The fraction of sp³-hybridized carbons (Fsp3) is 0.111. The summed E-state index contributed by atoms with van der Waals surface area (Å²) in [6.07, 6.45) is 0. The zero-order chi connectivity index (χ0) is 28.1. The lowest BCUT2D eigenvalue weighted by molar-refractivity contribution is 0.103. The maximum Gasteiger partial charge on any atom is 0.193 e.